The molecule has 180 valence electrons. The molecule has 0 aliphatic heterocycles. The summed E-state index contributed by atoms with van der Waals surface area (Å²) in [6.07, 6.45) is 0.0741. The van der Waals surface area contributed by atoms with Crippen LogP contribution in [0, 0.1) is 6.92 Å². The zero-order valence-electron chi connectivity index (χ0n) is 20.0. The Hall–Kier alpha value is -4.65. The largest absolute Gasteiger partial charge is 0.497 e. The predicted octanol–water partition coefficient (Wildman–Crippen LogP) is 5.11. The lowest BCUT2D eigenvalue weighted by atomic mass is 10.1. The van der Waals surface area contributed by atoms with E-state index in [1.807, 2.05) is 61.5 Å². The molecular formula is C29H25N3O4. The topological polar surface area (TPSA) is 93.3 Å². The number of carbonyl (C=O) groups is 2. The van der Waals surface area contributed by atoms with Crippen LogP contribution in [0.25, 0.3) is 21.8 Å². The fraction of sp³-hybridized carbons (Fsp3) is 0.138. The van der Waals surface area contributed by atoms with Crippen molar-refractivity contribution < 1.29 is 19.1 Å². The highest BCUT2D eigenvalue weighted by molar-refractivity contribution is 6.06. The number of nitrogens with one attached hydrogen (secondary N) is 2. The summed E-state index contributed by atoms with van der Waals surface area (Å²) in [5.74, 6) is 0.474. The van der Waals surface area contributed by atoms with Crippen molar-refractivity contribution in [3.63, 3.8) is 0 Å². The maximum atomic E-state index is 12.7. The minimum atomic E-state index is -0.460. The number of amides is 2. The summed E-state index contributed by atoms with van der Waals surface area (Å²) >= 11 is 0. The Balaban J connectivity index is 1.20. The highest BCUT2D eigenvalue weighted by Crippen LogP contribution is 2.27. The molecule has 0 fully saturated rings. The SMILES string of the molecule is COc1ccc2[nH]c(C)c(CC(=O)NC(=O)c3ccc(OCc4ccc5ccccc5n4)cc3)c2c1. The zero-order chi connectivity index (χ0) is 25.1. The molecule has 0 radical (unpaired) electrons. The van der Waals surface area contributed by atoms with Crippen LogP contribution >= 0.6 is 0 Å². The van der Waals surface area contributed by atoms with Gasteiger partial charge in [-0.3, -0.25) is 14.9 Å². The van der Waals surface area contributed by atoms with E-state index in [-0.39, 0.29) is 12.3 Å². The number of aromatic nitrogens is 2. The molecule has 2 amide bonds. The number of para-hydroxylation sites is 1. The fourth-order valence-electron chi connectivity index (χ4n) is 4.17. The second-order valence-electron chi connectivity index (χ2n) is 8.50. The van der Waals surface area contributed by atoms with E-state index < -0.39 is 5.91 Å². The molecule has 0 unspecified atom stereocenters. The van der Waals surface area contributed by atoms with Gasteiger partial charge in [-0.25, -0.2) is 4.98 Å². The molecule has 0 bridgehead atoms. The van der Waals surface area contributed by atoms with Crippen molar-refractivity contribution in [2.24, 2.45) is 0 Å². The number of imide groups is 1. The van der Waals surface area contributed by atoms with Gasteiger partial charge in [0.15, 0.2) is 0 Å². The van der Waals surface area contributed by atoms with Gasteiger partial charge in [0, 0.05) is 27.5 Å². The standard InChI is InChI=1S/C29H25N3O4/c1-18-24(25-15-23(35-2)13-14-27(25)30-18)16-28(33)32-29(34)20-8-11-22(12-9-20)36-17-21-10-7-19-5-3-4-6-26(19)31-21/h3-15,30H,16-17H2,1-2H3,(H,32,33,34). The number of pyridine rings is 1. The molecule has 5 rings (SSSR count). The van der Waals surface area contributed by atoms with Crippen molar-refractivity contribution in [3.05, 3.63) is 101 Å². The Bertz CT molecular complexity index is 1570. The van der Waals surface area contributed by atoms with Gasteiger partial charge in [0.2, 0.25) is 5.91 Å². The van der Waals surface area contributed by atoms with Crippen LogP contribution in [0.2, 0.25) is 0 Å². The van der Waals surface area contributed by atoms with Gasteiger partial charge in [-0.15, -0.1) is 0 Å². The van der Waals surface area contributed by atoms with Crippen LogP contribution in [0.4, 0.5) is 0 Å². The number of carbonyl (C=O) groups excluding carboxylic acids is 2. The Kier molecular flexibility index (Phi) is 6.36. The molecule has 0 aliphatic rings. The number of aryl methyl sites for hydroxylation is 1. The van der Waals surface area contributed by atoms with E-state index in [0.717, 1.165) is 38.8 Å². The van der Waals surface area contributed by atoms with Gasteiger partial charge in [-0.05, 0) is 67.1 Å². The summed E-state index contributed by atoms with van der Waals surface area (Å²) < 4.78 is 11.1. The second-order valence-corrected chi connectivity index (χ2v) is 8.50. The number of nitrogens with zero attached hydrogens (tertiary/aromatic N) is 1. The van der Waals surface area contributed by atoms with E-state index in [1.165, 1.54) is 0 Å². The Morgan fingerprint density at radius 2 is 1.72 bits per heavy atom. The van der Waals surface area contributed by atoms with Crippen LogP contribution in [-0.4, -0.2) is 28.9 Å². The maximum absolute atomic E-state index is 12.7. The van der Waals surface area contributed by atoms with Crippen molar-refractivity contribution in [1.29, 1.82) is 0 Å². The summed E-state index contributed by atoms with van der Waals surface area (Å²) in [6, 6.07) is 24.2. The van der Waals surface area contributed by atoms with Crippen molar-refractivity contribution >= 4 is 33.6 Å². The number of aromatic amines is 1. The molecule has 7 nitrogen and oxygen atoms in total. The number of ether oxygens (including phenoxy) is 2. The summed E-state index contributed by atoms with van der Waals surface area (Å²) in [6.45, 7) is 2.21. The molecule has 0 aliphatic carbocycles. The highest BCUT2D eigenvalue weighted by atomic mass is 16.5. The number of benzene rings is 3. The van der Waals surface area contributed by atoms with Crippen LogP contribution in [0.1, 0.15) is 27.3 Å². The van der Waals surface area contributed by atoms with E-state index in [4.69, 9.17) is 9.47 Å². The minimum absolute atomic E-state index is 0.0741. The Labute approximate surface area is 208 Å². The van der Waals surface area contributed by atoms with Crippen LogP contribution < -0.4 is 14.8 Å². The first-order valence-electron chi connectivity index (χ1n) is 11.6. The van der Waals surface area contributed by atoms with Gasteiger partial charge in [-0.1, -0.05) is 24.3 Å². The quantitative estimate of drug-likeness (QED) is 0.338. The molecule has 7 heteroatoms. The third-order valence-electron chi connectivity index (χ3n) is 6.08. The van der Waals surface area contributed by atoms with Crippen LogP contribution in [0.15, 0.2) is 78.9 Å². The first-order chi connectivity index (χ1) is 17.5. The monoisotopic (exact) mass is 479 g/mol. The van der Waals surface area contributed by atoms with Crippen molar-refractivity contribution in [2.45, 2.75) is 20.0 Å². The molecular weight excluding hydrogens is 454 g/mol. The molecule has 0 saturated carbocycles. The van der Waals surface area contributed by atoms with Crippen LogP contribution in [-0.2, 0) is 17.8 Å². The minimum Gasteiger partial charge on any atom is -0.497 e. The van der Waals surface area contributed by atoms with Gasteiger partial charge in [0.25, 0.3) is 5.91 Å². The van der Waals surface area contributed by atoms with Gasteiger partial charge in [-0.2, -0.15) is 0 Å². The number of hydrogen-bond donors (Lipinski definition) is 2. The molecule has 2 heterocycles. The number of fused-ring (bicyclic) bond motifs is 2. The molecule has 2 aromatic heterocycles. The van der Waals surface area contributed by atoms with Gasteiger partial charge < -0.3 is 14.5 Å². The molecule has 5 aromatic rings. The van der Waals surface area contributed by atoms with Crippen molar-refractivity contribution in [3.8, 4) is 11.5 Å². The third kappa shape index (κ3) is 4.90. The summed E-state index contributed by atoms with van der Waals surface area (Å²) in [4.78, 5) is 33.2. The fourth-order valence-corrected chi connectivity index (χ4v) is 4.17. The van der Waals surface area contributed by atoms with E-state index >= 15 is 0 Å². The molecule has 0 spiro atoms. The maximum Gasteiger partial charge on any atom is 0.257 e. The number of methoxy groups -OCH3 is 1. The first kappa shape index (κ1) is 23.1. The van der Waals surface area contributed by atoms with E-state index in [0.29, 0.717) is 23.7 Å². The molecule has 2 N–H and O–H groups in total. The summed E-state index contributed by atoms with van der Waals surface area (Å²) in [7, 11) is 1.60. The Morgan fingerprint density at radius 1 is 0.944 bits per heavy atom. The van der Waals surface area contributed by atoms with E-state index in [2.05, 4.69) is 15.3 Å². The summed E-state index contributed by atoms with van der Waals surface area (Å²) in [5, 5.41) is 4.45. The van der Waals surface area contributed by atoms with E-state index in [1.54, 1.807) is 31.4 Å². The average Bonchev–Trinajstić information content (AvgIpc) is 3.21. The first-order valence-corrected chi connectivity index (χ1v) is 11.6. The number of hydrogen-bond acceptors (Lipinski definition) is 5. The van der Waals surface area contributed by atoms with Crippen LogP contribution in [0.3, 0.4) is 0 Å². The van der Waals surface area contributed by atoms with Crippen molar-refractivity contribution in [1.82, 2.24) is 15.3 Å². The number of rotatable bonds is 7. The van der Waals surface area contributed by atoms with Gasteiger partial charge in [0.05, 0.1) is 24.7 Å². The lowest BCUT2D eigenvalue weighted by Gasteiger charge is -2.08. The zero-order valence-corrected chi connectivity index (χ0v) is 20.0. The van der Waals surface area contributed by atoms with E-state index in [9.17, 15) is 9.59 Å². The summed E-state index contributed by atoms with van der Waals surface area (Å²) in [5.41, 5.74) is 4.72. The molecule has 36 heavy (non-hydrogen) atoms. The predicted molar refractivity (Wildman–Crippen MR) is 138 cm³/mol. The highest BCUT2D eigenvalue weighted by Gasteiger charge is 2.16. The second kappa shape index (κ2) is 9.92. The van der Waals surface area contributed by atoms with Crippen LogP contribution in [0.5, 0.6) is 11.5 Å². The lowest BCUT2D eigenvalue weighted by molar-refractivity contribution is -0.119. The molecule has 3 aromatic carbocycles. The third-order valence-corrected chi connectivity index (χ3v) is 6.08. The lowest BCUT2D eigenvalue weighted by Crippen LogP contribution is -2.31. The van der Waals surface area contributed by atoms with Gasteiger partial charge >= 0.3 is 0 Å². The normalized spacial score (nSPS) is 10.9. The number of H-pyrrole nitrogens is 1. The Morgan fingerprint density at radius 3 is 2.53 bits per heavy atom. The van der Waals surface area contributed by atoms with Gasteiger partial charge in [0.1, 0.15) is 18.1 Å². The molecule has 0 saturated heterocycles. The smallest absolute Gasteiger partial charge is 0.257 e. The van der Waals surface area contributed by atoms with Crippen molar-refractivity contribution in [2.75, 3.05) is 7.11 Å². The average molecular weight is 480 g/mol. The molecule has 0 atom stereocenters.